The van der Waals surface area contributed by atoms with Crippen LogP contribution in [-0.4, -0.2) is 13.7 Å². The van der Waals surface area contributed by atoms with Crippen LogP contribution in [0.1, 0.15) is 22.3 Å². The molecule has 0 unspecified atom stereocenters. The van der Waals surface area contributed by atoms with E-state index < -0.39 is 0 Å². The van der Waals surface area contributed by atoms with Crippen molar-refractivity contribution >= 4 is 12.4 Å². The van der Waals surface area contributed by atoms with Gasteiger partial charge in [0, 0.05) is 6.54 Å². The molecule has 4 heteroatoms. The number of halogens is 1. The van der Waals surface area contributed by atoms with Crippen LogP contribution in [0.2, 0.25) is 0 Å². The summed E-state index contributed by atoms with van der Waals surface area (Å²) in [5.41, 5.74) is 4.29. The average molecular weight is 317 g/mol. The molecular weight excluding hydrogens is 296 g/mol. The lowest BCUT2D eigenvalue weighted by molar-refractivity contribution is 0.409. The first-order valence-corrected chi connectivity index (χ1v) is 7.06. The smallest absolute Gasteiger partial charge is 0.122 e. The summed E-state index contributed by atoms with van der Waals surface area (Å²) in [7, 11) is 1.70. The molecule has 0 saturated carbocycles. The number of benzene rings is 2. The van der Waals surface area contributed by atoms with Gasteiger partial charge in [0.25, 0.3) is 0 Å². The summed E-state index contributed by atoms with van der Waals surface area (Å²) in [6.45, 7) is 3.73. The van der Waals surface area contributed by atoms with Crippen LogP contribution < -0.4 is 10.1 Å². The molecule has 3 nitrogen and oxygen atoms in total. The Labute approximate surface area is 138 Å². The van der Waals surface area contributed by atoms with Gasteiger partial charge < -0.3 is 10.1 Å². The summed E-state index contributed by atoms with van der Waals surface area (Å²) in [5, 5.41) is 12.3. The van der Waals surface area contributed by atoms with Gasteiger partial charge in [0.15, 0.2) is 0 Å². The summed E-state index contributed by atoms with van der Waals surface area (Å²) in [4.78, 5) is 0. The first-order chi connectivity index (χ1) is 10.2. The Morgan fingerprint density at radius 2 is 2.00 bits per heavy atom. The van der Waals surface area contributed by atoms with Crippen LogP contribution >= 0.6 is 12.4 Å². The van der Waals surface area contributed by atoms with Gasteiger partial charge in [-0.1, -0.05) is 29.8 Å². The Morgan fingerprint density at radius 1 is 1.18 bits per heavy atom. The number of rotatable bonds is 6. The van der Waals surface area contributed by atoms with E-state index in [-0.39, 0.29) is 12.4 Å². The predicted molar refractivity (Wildman–Crippen MR) is 91.5 cm³/mol. The standard InChI is InChI=1S/C18H20N2O.ClH/c1-14-6-7-18(21-2)17(10-14)8-9-20-13-16-5-3-4-15(11-16)12-19;/h3-7,10-11,20H,8-9,13H2,1-2H3;1H. The highest BCUT2D eigenvalue weighted by molar-refractivity contribution is 5.85. The second-order valence-electron chi connectivity index (χ2n) is 5.05. The Morgan fingerprint density at radius 3 is 2.73 bits per heavy atom. The molecule has 0 atom stereocenters. The molecule has 116 valence electrons. The van der Waals surface area contributed by atoms with Crippen molar-refractivity contribution in [2.45, 2.75) is 19.9 Å². The number of nitriles is 1. The van der Waals surface area contributed by atoms with E-state index in [4.69, 9.17) is 10.00 Å². The lowest BCUT2D eigenvalue weighted by Crippen LogP contribution is -2.17. The molecule has 0 aliphatic heterocycles. The highest BCUT2D eigenvalue weighted by Crippen LogP contribution is 2.19. The van der Waals surface area contributed by atoms with E-state index in [2.05, 4.69) is 30.4 Å². The van der Waals surface area contributed by atoms with Gasteiger partial charge in [-0.2, -0.15) is 5.26 Å². The van der Waals surface area contributed by atoms with E-state index in [0.717, 1.165) is 30.8 Å². The number of hydrogen-bond donors (Lipinski definition) is 1. The van der Waals surface area contributed by atoms with E-state index in [1.807, 2.05) is 30.3 Å². The largest absolute Gasteiger partial charge is 0.496 e. The summed E-state index contributed by atoms with van der Waals surface area (Å²) >= 11 is 0. The third kappa shape index (κ3) is 5.07. The minimum atomic E-state index is 0. The molecule has 0 amide bonds. The minimum Gasteiger partial charge on any atom is -0.496 e. The van der Waals surface area contributed by atoms with E-state index >= 15 is 0 Å². The average Bonchev–Trinajstić information content (AvgIpc) is 2.52. The van der Waals surface area contributed by atoms with Gasteiger partial charge >= 0.3 is 0 Å². The third-order valence-corrected chi connectivity index (χ3v) is 3.39. The maximum atomic E-state index is 8.88. The lowest BCUT2D eigenvalue weighted by atomic mass is 10.1. The van der Waals surface area contributed by atoms with Gasteiger partial charge in [-0.05, 0) is 49.2 Å². The molecule has 0 spiro atoms. The van der Waals surface area contributed by atoms with Crippen molar-refractivity contribution in [3.63, 3.8) is 0 Å². The van der Waals surface area contributed by atoms with Crippen LogP contribution in [0.5, 0.6) is 5.75 Å². The number of methoxy groups -OCH3 is 1. The number of aryl methyl sites for hydroxylation is 1. The number of nitrogens with zero attached hydrogens (tertiary/aromatic N) is 1. The molecule has 0 aliphatic rings. The molecule has 2 aromatic rings. The van der Waals surface area contributed by atoms with E-state index in [1.165, 1.54) is 11.1 Å². The molecule has 0 saturated heterocycles. The first-order valence-electron chi connectivity index (χ1n) is 7.06. The zero-order valence-corrected chi connectivity index (χ0v) is 13.7. The quantitative estimate of drug-likeness (QED) is 0.828. The fourth-order valence-corrected chi connectivity index (χ4v) is 2.31. The monoisotopic (exact) mass is 316 g/mol. The molecule has 0 aromatic heterocycles. The van der Waals surface area contributed by atoms with Gasteiger partial charge in [0.2, 0.25) is 0 Å². The lowest BCUT2D eigenvalue weighted by Gasteiger charge is -2.10. The topological polar surface area (TPSA) is 45.0 Å². The van der Waals surface area contributed by atoms with Crippen molar-refractivity contribution < 1.29 is 4.74 Å². The molecule has 22 heavy (non-hydrogen) atoms. The third-order valence-electron chi connectivity index (χ3n) is 3.39. The Kier molecular flexibility index (Phi) is 7.45. The molecule has 0 bridgehead atoms. The number of hydrogen-bond acceptors (Lipinski definition) is 3. The fraction of sp³-hybridized carbons (Fsp3) is 0.278. The molecule has 0 aliphatic carbocycles. The van der Waals surface area contributed by atoms with Crippen LogP contribution in [0.3, 0.4) is 0 Å². The maximum Gasteiger partial charge on any atom is 0.122 e. The van der Waals surface area contributed by atoms with Gasteiger partial charge in [-0.3, -0.25) is 0 Å². The first kappa shape index (κ1) is 18.0. The second-order valence-corrected chi connectivity index (χ2v) is 5.05. The zero-order chi connectivity index (χ0) is 15.1. The van der Waals surface area contributed by atoms with Gasteiger partial charge in [-0.15, -0.1) is 12.4 Å². The summed E-state index contributed by atoms with van der Waals surface area (Å²) in [5.74, 6) is 0.939. The van der Waals surface area contributed by atoms with E-state index in [9.17, 15) is 0 Å². The van der Waals surface area contributed by atoms with Crippen molar-refractivity contribution in [1.29, 1.82) is 5.26 Å². The Balaban J connectivity index is 0.00000242. The fourth-order valence-electron chi connectivity index (χ4n) is 2.31. The SMILES string of the molecule is COc1ccc(C)cc1CCNCc1cccc(C#N)c1.Cl. The van der Waals surface area contributed by atoms with E-state index in [1.54, 1.807) is 7.11 Å². The predicted octanol–water partition coefficient (Wildman–Crippen LogP) is 3.63. The molecule has 0 fully saturated rings. The number of ether oxygens (including phenoxy) is 1. The summed E-state index contributed by atoms with van der Waals surface area (Å²) < 4.78 is 5.38. The molecular formula is C18H21ClN2O. The molecule has 1 N–H and O–H groups in total. The zero-order valence-electron chi connectivity index (χ0n) is 12.9. The van der Waals surface area contributed by atoms with Gasteiger partial charge in [0.1, 0.15) is 5.75 Å². The molecule has 2 aromatic carbocycles. The van der Waals surface area contributed by atoms with Gasteiger partial charge in [0.05, 0.1) is 18.7 Å². The molecule has 2 rings (SSSR count). The van der Waals surface area contributed by atoms with Crippen molar-refractivity contribution in [2.24, 2.45) is 0 Å². The van der Waals surface area contributed by atoms with Crippen molar-refractivity contribution in [3.8, 4) is 11.8 Å². The summed E-state index contributed by atoms with van der Waals surface area (Å²) in [6.07, 6.45) is 0.919. The second kappa shape index (κ2) is 9.09. The van der Waals surface area contributed by atoms with Crippen molar-refractivity contribution in [1.82, 2.24) is 5.32 Å². The van der Waals surface area contributed by atoms with Crippen LogP contribution in [0.25, 0.3) is 0 Å². The number of nitrogens with one attached hydrogen (secondary N) is 1. The molecule has 0 radical (unpaired) electrons. The maximum absolute atomic E-state index is 8.88. The summed E-state index contributed by atoms with van der Waals surface area (Å²) in [6, 6.07) is 16.1. The highest BCUT2D eigenvalue weighted by Gasteiger charge is 2.03. The van der Waals surface area contributed by atoms with Gasteiger partial charge in [-0.25, -0.2) is 0 Å². The Hall–Kier alpha value is -2.02. The van der Waals surface area contributed by atoms with Crippen molar-refractivity contribution in [3.05, 3.63) is 64.7 Å². The van der Waals surface area contributed by atoms with Crippen molar-refractivity contribution in [2.75, 3.05) is 13.7 Å². The Bertz CT molecular complexity index is 650. The normalized spacial score (nSPS) is 9.68. The van der Waals surface area contributed by atoms with Crippen LogP contribution in [0.15, 0.2) is 42.5 Å². The highest BCUT2D eigenvalue weighted by atomic mass is 35.5. The minimum absolute atomic E-state index is 0. The van der Waals surface area contributed by atoms with Crippen LogP contribution in [0, 0.1) is 18.3 Å². The van der Waals surface area contributed by atoms with Crippen LogP contribution in [0.4, 0.5) is 0 Å². The van der Waals surface area contributed by atoms with Crippen LogP contribution in [-0.2, 0) is 13.0 Å². The van der Waals surface area contributed by atoms with E-state index in [0.29, 0.717) is 5.56 Å². The molecule has 0 heterocycles.